The molecule has 2 N–H and O–H groups in total. The van der Waals surface area contributed by atoms with Crippen LogP contribution >= 0.6 is 0 Å². The lowest BCUT2D eigenvalue weighted by Gasteiger charge is -2.00. The van der Waals surface area contributed by atoms with Crippen molar-refractivity contribution in [2.45, 2.75) is 0 Å². The summed E-state index contributed by atoms with van der Waals surface area (Å²) in [4.78, 5) is 30.8. The Labute approximate surface area is 128 Å². The molecular formula is C14H13FN6O2. The third kappa shape index (κ3) is 2.63. The van der Waals surface area contributed by atoms with Gasteiger partial charge < -0.3 is 4.98 Å². The highest BCUT2D eigenvalue weighted by Gasteiger charge is 2.12. The average molecular weight is 316 g/mol. The third-order valence-electron chi connectivity index (χ3n) is 3.35. The highest BCUT2D eigenvalue weighted by Crippen LogP contribution is 2.08. The van der Waals surface area contributed by atoms with Gasteiger partial charge in [-0.05, 0) is 17.7 Å². The number of aromatic nitrogens is 4. The number of anilines is 1. The van der Waals surface area contributed by atoms with Crippen LogP contribution in [0, 0.1) is 5.82 Å². The van der Waals surface area contributed by atoms with Gasteiger partial charge in [-0.25, -0.2) is 14.6 Å². The normalized spacial score (nSPS) is 11.4. The van der Waals surface area contributed by atoms with Gasteiger partial charge in [0.15, 0.2) is 11.2 Å². The minimum Gasteiger partial charge on any atom is -0.317 e. The predicted octanol–water partition coefficient (Wildman–Crippen LogP) is 0.545. The number of fused-ring (bicyclic) bond motifs is 1. The van der Waals surface area contributed by atoms with Crippen molar-refractivity contribution in [2.75, 3.05) is 5.43 Å². The van der Waals surface area contributed by atoms with E-state index in [0.717, 1.165) is 4.57 Å². The monoisotopic (exact) mass is 316 g/mol. The summed E-state index contributed by atoms with van der Waals surface area (Å²) >= 11 is 0. The molecule has 0 aliphatic carbocycles. The number of benzene rings is 1. The van der Waals surface area contributed by atoms with E-state index in [9.17, 15) is 14.0 Å². The maximum absolute atomic E-state index is 12.8. The molecule has 0 aliphatic heterocycles. The Morgan fingerprint density at radius 2 is 1.91 bits per heavy atom. The van der Waals surface area contributed by atoms with Gasteiger partial charge in [-0.3, -0.25) is 13.9 Å². The summed E-state index contributed by atoms with van der Waals surface area (Å²) in [6.45, 7) is 0. The highest BCUT2D eigenvalue weighted by atomic mass is 19.1. The lowest BCUT2D eigenvalue weighted by molar-refractivity contribution is 0.628. The fraction of sp³-hybridized carbons (Fsp3) is 0.143. The van der Waals surface area contributed by atoms with Crippen LogP contribution in [0.2, 0.25) is 0 Å². The number of H-pyrrole nitrogens is 1. The number of nitrogens with zero attached hydrogens (tertiary/aromatic N) is 4. The Kier molecular flexibility index (Phi) is 3.53. The number of halogens is 1. The molecule has 0 bridgehead atoms. The minimum atomic E-state index is -0.467. The fourth-order valence-corrected chi connectivity index (χ4v) is 2.10. The number of rotatable bonds is 3. The molecule has 3 aromatic rings. The van der Waals surface area contributed by atoms with Gasteiger partial charge in [-0.2, -0.15) is 10.1 Å². The zero-order valence-corrected chi connectivity index (χ0v) is 12.4. The van der Waals surface area contributed by atoms with Crippen molar-refractivity contribution in [3.63, 3.8) is 0 Å². The quantitative estimate of drug-likeness (QED) is 0.544. The molecule has 0 spiro atoms. The zero-order chi connectivity index (χ0) is 16.6. The molecule has 2 heterocycles. The molecule has 0 radical (unpaired) electrons. The number of aromatic amines is 1. The van der Waals surface area contributed by atoms with Crippen LogP contribution < -0.4 is 16.7 Å². The molecule has 0 amide bonds. The molecule has 9 heteroatoms. The van der Waals surface area contributed by atoms with Gasteiger partial charge >= 0.3 is 5.69 Å². The van der Waals surface area contributed by atoms with Gasteiger partial charge in [0.1, 0.15) is 5.82 Å². The first-order chi connectivity index (χ1) is 11.0. The third-order valence-corrected chi connectivity index (χ3v) is 3.35. The summed E-state index contributed by atoms with van der Waals surface area (Å²) in [5.74, 6) is -0.110. The molecular weight excluding hydrogens is 303 g/mol. The van der Waals surface area contributed by atoms with Crippen LogP contribution in [0.3, 0.4) is 0 Å². The van der Waals surface area contributed by atoms with E-state index in [1.807, 2.05) is 0 Å². The van der Waals surface area contributed by atoms with Gasteiger partial charge in [-0.15, -0.1) is 0 Å². The molecule has 0 saturated heterocycles. The Hall–Kier alpha value is -3.23. The van der Waals surface area contributed by atoms with Crippen molar-refractivity contribution < 1.29 is 4.39 Å². The van der Waals surface area contributed by atoms with E-state index in [2.05, 4.69) is 20.5 Å². The first-order valence-electron chi connectivity index (χ1n) is 6.68. The summed E-state index contributed by atoms with van der Waals surface area (Å²) in [6.07, 6.45) is 1.48. The van der Waals surface area contributed by atoms with Gasteiger partial charge in [-0.1, -0.05) is 12.1 Å². The van der Waals surface area contributed by atoms with Crippen molar-refractivity contribution in [3.05, 3.63) is 56.5 Å². The molecule has 0 atom stereocenters. The molecule has 3 rings (SSSR count). The smallest absolute Gasteiger partial charge is 0.317 e. The second-order valence-electron chi connectivity index (χ2n) is 4.91. The first kappa shape index (κ1) is 14.7. The van der Waals surface area contributed by atoms with Crippen molar-refractivity contribution in [1.82, 2.24) is 19.1 Å². The molecule has 8 nitrogen and oxygen atoms in total. The number of hydrogen-bond donors (Lipinski definition) is 2. The maximum Gasteiger partial charge on any atom is 0.332 e. The SMILES string of the molecule is Cn1c(=O)c2[nH]c(N/N=C\c3ccc(F)cc3)nc2n(C)c1=O. The number of imidazole rings is 1. The Balaban J connectivity index is 1.91. The van der Waals surface area contributed by atoms with Crippen LogP contribution in [0.25, 0.3) is 11.2 Å². The second kappa shape index (κ2) is 5.52. The van der Waals surface area contributed by atoms with E-state index < -0.39 is 11.2 Å². The van der Waals surface area contributed by atoms with E-state index in [4.69, 9.17) is 0 Å². The van der Waals surface area contributed by atoms with Crippen molar-refractivity contribution in [1.29, 1.82) is 0 Å². The van der Waals surface area contributed by atoms with E-state index >= 15 is 0 Å². The Morgan fingerprint density at radius 1 is 1.22 bits per heavy atom. The van der Waals surface area contributed by atoms with Gasteiger partial charge in [0.05, 0.1) is 6.21 Å². The number of hydrazone groups is 1. The fourth-order valence-electron chi connectivity index (χ4n) is 2.10. The largest absolute Gasteiger partial charge is 0.332 e. The van der Waals surface area contributed by atoms with Crippen LogP contribution in [0.1, 0.15) is 5.56 Å². The zero-order valence-electron chi connectivity index (χ0n) is 12.4. The minimum absolute atomic E-state index is 0.203. The molecule has 23 heavy (non-hydrogen) atoms. The van der Waals surface area contributed by atoms with Crippen molar-refractivity contribution >= 4 is 23.3 Å². The summed E-state index contributed by atoms with van der Waals surface area (Å²) in [6, 6.07) is 5.78. The van der Waals surface area contributed by atoms with Crippen molar-refractivity contribution in [2.24, 2.45) is 19.2 Å². The van der Waals surface area contributed by atoms with E-state index in [1.54, 1.807) is 12.1 Å². The molecule has 0 fully saturated rings. The van der Waals surface area contributed by atoms with Gasteiger partial charge in [0, 0.05) is 14.1 Å². The first-order valence-corrected chi connectivity index (χ1v) is 6.68. The average Bonchev–Trinajstić information content (AvgIpc) is 2.97. The van der Waals surface area contributed by atoms with Crippen LogP contribution in [-0.4, -0.2) is 25.3 Å². The van der Waals surface area contributed by atoms with Crippen LogP contribution in [0.4, 0.5) is 10.3 Å². The molecule has 0 aliphatic rings. The van der Waals surface area contributed by atoms with Crippen molar-refractivity contribution in [3.8, 4) is 0 Å². The standard InChI is InChI=1S/C14H13FN6O2/c1-20-11-10(12(22)21(2)14(20)23)17-13(18-11)19-16-7-8-3-5-9(15)6-4-8/h3-7H,1-2H3,(H2,17,18,19)/b16-7-. The Bertz CT molecular complexity index is 1010. The summed E-state index contributed by atoms with van der Waals surface area (Å²) in [5, 5.41) is 3.95. The van der Waals surface area contributed by atoms with Gasteiger partial charge in [0.2, 0.25) is 5.95 Å². The topological polar surface area (TPSA) is 97.1 Å². The molecule has 0 saturated carbocycles. The number of hydrogen-bond acceptors (Lipinski definition) is 5. The van der Waals surface area contributed by atoms with Crippen LogP contribution in [0.15, 0.2) is 39.0 Å². The van der Waals surface area contributed by atoms with Crippen LogP contribution in [-0.2, 0) is 14.1 Å². The summed E-state index contributed by atoms with van der Waals surface area (Å²) in [5.41, 5.74) is 2.84. The predicted molar refractivity (Wildman–Crippen MR) is 84.2 cm³/mol. The van der Waals surface area contributed by atoms with Gasteiger partial charge in [0.25, 0.3) is 5.56 Å². The van der Waals surface area contributed by atoms with Crippen LogP contribution in [0.5, 0.6) is 0 Å². The second-order valence-corrected chi connectivity index (χ2v) is 4.91. The molecule has 118 valence electrons. The molecule has 1 aromatic carbocycles. The molecule has 0 unspecified atom stereocenters. The lowest BCUT2D eigenvalue weighted by Crippen LogP contribution is -2.36. The van der Waals surface area contributed by atoms with E-state index in [1.165, 1.54) is 37.0 Å². The number of aryl methyl sites for hydroxylation is 1. The lowest BCUT2D eigenvalue weighted by atomic mass is 10.2. The molecule has 2 aromatic heterocycles. The number of nitrogens with one attached hydrogen (secondary N) is 2. The summed E-state index contributed by atoms with van der Waals surface area (Å²) in [7, 11) is 2.92. The summed E-state index contributed by atoms with van der Waals surface area (Å²) < 4.78 is 15.1. The van der Waals surface area contributed by atoms with E-state index in [0.29, 0.717) is 5.56 Å². The Morgan fingerprint density at radius 3 is 2.61 bits per heavy atom. The van der Waals surface area contributed by atoms with E-state index in [-0.39, 0.29) is 22.9 Å². The maximum atomic E-state index is 12.8. The highest BCUT2D eigenvalue weighted by molar-refractivity contribution is 5.80.